The number of carbonyl (C=O) groups is 2. The van der Waals surface area contributed by atoms with Crippen LogP contribution in [0.3, 0.4) is 0 Å². The summed E-state index contributed by atoms with van der Waals surface area (Å²) in [5.41, 5.74) is 1.94. The van der Waals surface area contributed by atoms with Crippen molar-refractivity contribution in [2.24, 2.45) is 0 Å². The van der Waals surface area contributed by atoms with E-state index >= 15 is 0 Å². The minimum Gasteiger partial charge on any atom is -0.295 e. The van der Waals surface area contributed by atoms with E-state index in [1.54, 1.807) is 22.9 Å². The second-order valence-electron chi connectivity index (χ2n) is 8.35. The van der Waals surface area contributed by atoms with Gasteiger partial charge in [-0.05, 0) is 61.5 Å². The van der Waals surface area contributed by atoms with E-state index in [9.17, 15) is 22.8 Å². The van der Waals surface area contributed by atoms with Crippen LogP contribution in [0.25, 0.3) is 22.3 Å². The van der Waals surface area contributed by atoms with Crippen LogP contribution in [0, 0.1) is 0 Å². The van der Waals surface area contributed by atoms with Crippen LogP contribution in [-0.2, 0) is 10.0 Å². The van der Waals surface area contributed by atoms with Crippen LogP contribution in [-0.4, -0.2) is 29.5 Å². The molecule has 0 radical (unpaired) electrons. The number of rotatable bonds is 6. The molecular formula is C28H21N3O5S. The third-order valence-corrected chi connectivity index (χ3v) is 7.26. The molecule has 1 heterocycles. The number of sulfonamides is 1. The van der Waals surface area contributed by atoms with Crippen molar-refractivity contribution in [3.05, 3.63) is 125 Å². The van der Waals surface area contributed by atoms with Crippen molar-refractivity contribution in [3.63, 3.8) is 0 Å². The number of aromatic nitrogens is 2. The Balaban J connectivity index is 1.57. The first-order chi connectivity index (χ1) is 17.8. The van der Waals surface area contributed by atoms with Gasteiger partial charge >= 0.3 is 0 Å². The highest BCUT2D eigenvalue weighted by Gasteiger charge is 2.22. The highest BCUT2D eigenvalue weighted by molar-refractivity contribution is 7.90. The van der Waals surface area contributed by atoms with Gasteiger partial charge in [-0.2, -0.15) is 0 Å². The van der Waals surface area contributed by atoms with Gasteiger partial charge in [0.2, 0.25) is 0 Å². The topological polar surface area (TPSA) is 107 Å². The zero-order chi connectivity index (χ0) is 26.2. The summed E-state index contributed by atoms with van der Waals surface area (Å²) in [6, 6.07) is 28.2. The summed E-state index contributed by atoms with van der Waals surface area (Å²) in [6.07, 6.45) is 0. The average molecular weight is 512 g/mol. The fraction of sp³-hybridized carbons (Fsp3) is 0.0357. The lowest BCUT2D eigenvalue weighted by atomic mass is 10.1. The third-order valence-electron chi connectivity index (χ3n) is 5.91. The van der Waals surface area contributed by atoms with Crippen molar-refractivity contribution in [2.75, 3.05) is 0 Å². The number of ketones is 1. The number of hydrogen-bond acceptors (Lipinski definition) is 5. The molecule has 5 aromatic rings. The Hall–Kier alpha value is -4.76. The molecule has 5 rings (SSSR count). The van der Waals surface area contributed by atoms with Gasteiger partial charge in [-0.3, -0.25) is 14.4 Å². The minimum atomic E-state index is -4.20. The largest absolute Gasteiger partial charge is 0.295 e. The summed E-state index contributed by atoms with van der Waals surface area (Å²) in [5, 5.41) is 0.253. The van der Waals surface area contributed by atoms with E-state index in [1.807, 2.05) is 53.3 Å². The Bertz CT molecular complexity index is 1810. The van der Waals surface area contributed by atoms with Crippen LogP contribution < -0.4 is 10.3 Å². The molecule has 1 aromatic heterocycles. The van der Waals surface area contributed by atoms with Gasteiger partial charge in [0, 0.05) is 11.1 Å². The number of para-hydroxylation sites is 2. The van der Waals surface area contributed by atoms with Crippen molar-refractivity contribution in [1.82, 2.24) is 14.1 Å². The van der Waals surface area contributed by atoms with Crippen LogP contribution in [0.1, 0.15) is 27.6 Å². The normalized spacial score (nSPS) is 11.4. The number of nitrogens with zero attached hydrogens (tertiary/aromatic N) is 2. The molecule has 0 bridgehead atoms. The van der Waals surface area contributed by atoms with Gasteiger partial charge in [-0.15, -0.1) is 0 Å². The molecule has 184 valence electrons. The Morgan fingerprint density at radius 2 is 1.24 bits per heavy atom. The van der Waals surface area contributed by atoms with Crippen LogP contribution in [0.4, 0.5) is 0 Å². The van der Waals surface area contributed by atoms with Crippen molar-refractivity contribution >= 4 is 32.6 Å². The molecule has 1 N–H and O–H groups in total. The van der Waals surface area contributed by atoms with Crippen molar-refractivity contribution in [2.45, 2.75) is 11.8 Å². The molecule has 37 heavy (non-hydrogen) atoms. The fourth-order valence-electron chi connectivity index (χ4n) is 4.08. The quantitative estimate of drug-likeness (QED) is 0.346. The van der Waals surface area contributed by atoms with E-state index in [-0.39, 0.29) is 27.2 Å². The molecule has 8 nitrogen and oxygen atoms in total. The molecule has 0 saturated carbocycles. The standard InChI is InChI=1S/C28H21N3O5S/c1-19(32)20-12-15-24(16-13-20)37(35,36)29-27(33)21-14-17-26-25(18-21)28(34)31(23-10-6-3-7-11-23)30(26)22-8-4-2-5-9-22/h2-18H,1H3,(H,29,33). The summed E-state index contributed by atoms with van der Waals surface area (Å²) in [5.74, 6) is -1.08. The van der Waals surface area contributed by atoms with E-state index in [4.69, 9.17) is 0 Å². The molecule has 4 aromatic carbocycles. The van der Waals surface area contributed by atoms with Crippen LogP contribution >= 0.6 is 0 Å². The summed E-state index contributed by atoms with van der Waals surface area (Å²) in [6.45, 7) is 1.37. The SMILES string of the molecule is CC(=O)c1ccc(S(=O)(=O)NC(=O)c2ccc3c(c2)c(=O)n(-c2ccccc2)n3-c2ccccc2)cc1. The van der Waals surface area contributed by atoms with Crippen molar-refractivity contribution in [1.29, 1.82) is 0 Å². The molecule has 0 saturated heterocycles. The third kappa shape index (κ3) is 4.48. The smallest absolute Gasteiger partial charge is 0.279 e. The van der Waals surface area contributed by atoms with E-state index in [1.165, 1.54) is 48.0 Å². The highest BCUT2D eigenvalue weighted by Crippen LogP contribution is 2.22. The highest BCUT2D eigenvalue weighted by atomic mass is 32.2. The molecule has 0 aliphatic carbocycles. The minimum absolute atomic E-state index is 0.0129. The zero-order valence-corrected chi connectivity index (χ0v) is 20.5. The summed E-state index contributed by atoms with van der Waals surface area (Å²) in [4.78, 5) is 37.8. The second-order valence-corrected chi connectivity index (χ2v) is 10.0. The molecule has 0 unspecified atom stereocenters. The van der Waals surface area contributed by atoms with E-state index in [0.717, 1.165) is 5.69 Å². The number of benzene rings is 4. The van der Waals surface area contributed by atoms with Gasteiger partial charge in [0.1, 0.15) is 0 Å². The summed E-state index contributed by atoms with van der Waals surface area (Å²) < 4.78 is 30.8. The van der Waals surface area contributed by atoms with Gasteiger partial charge in [-0.25, -0.2) is 22.5 Å². The molecule has 1 amide bonds. The zero-order valence-electron chi connectivity index (χ0n) is 19.7. The first-order valence-electron chi connectivity index (χ1n) is 11.3. The van der Waals surface area contributed by atoms with E-state index in [0.29, 0.717) is 16.8 Å². The Labute approximate surface area is 212 Å². The maximum absolute atomic E-state index is 13.6. The van der Waals surface area contributed by atoms with Gasteiger partial charge in [0.25, 0.3) is 21.5 Å². The molecule has 0 atom stereocenters. The lowest BCUT2D eigenvalue weighted by molar-refractivity contribution is 0.0979. The molecule has 0 spiro atoms. The lowest BCUT2D eigenvalue weighted by Crippen LogP contribution is -2.30. The molecule has 0 fully saturated rings. The molecule has 9 heteroatoms. The first kappa shape index (κ1) is 24.0. The second kappa shape index (κ2) is 9.36. The van der Waals surface area contributed by atoms with Crippen LogP contribution in [0.5, 0.6) is 0 Å². The van der Waals surface area contributed by atoms with Crippen LogP contribution in [0.15, 0.2) is 113 Å². The molecule has 0 aliphatic rings. The molecule has 0 aliphatic heterocycles. The number of amides is 1. The number of nitrogens with one attached hydrogen (secondary N) is 1. The van der Waals surface area contributed by atoms with Crippen molar-refractivity contribution < 1.29 is 18.0 Å². The Morgan fingerprint density at radius 1 is 0.703 bits per heavy atom. The summed E-state index contributed by atoms with van der Waals surface area (Å²) >= 11 is 0. The lowest BCUT2D eigenvalue weighted by Gasteiger charge is -2.13. The number of fused-ring (bicyclic) bond motifs is 1. The number of Topliss-reactive ketones (excluding diaryl/α,β-unsaturated/α-hetero) is 1. The predicted octanol–water partition coefficient (Wildman–Crippen LogP) is 4.10. The van der Waals surface area contributed by atoms with Gasteiger partial charge in [-0.1, -0.05) is 48.5 Å². The van der Waals surface area contributed by atoms with Crippen molar-refractivity contribution in [3.8, 4) is 11.4 Å². The Kier molecular flexibility index (Phi) is 6.06. The van der Waals surface area contributed by atoms with Gasteiger partial charge < -0.3 is 0 Å². The predicted molar refractivity (Wildman–Crippen MR) is 140 cm³/mol. The monoisotopic (exact) mass is 511 g/mol. The fourth-order valence-corrected chi connectivity index (χ4v) is 5.05. The van der Waals surface area contributed by atoms with Gasteiger partial charge in [0.05, 0.1) is 27.2 Å². The number of hydrogen-bond donors (Lipinski definition) is 1. The maximum Gasteiger partial charge on any atom is 0.279 e. The molecular weight excluding hydrogens is 490 g/mol. The van der Waals surface area contributed by atoms with E-state index in [2.05, 4.69) is 0 Å². The van der Waals surface area contributed by atoms with E-state index < -0.39 is 15.9 Å². The average Bonchev–Trinajstić information content (AvgIpc) is 3.21. The maximum atomic E-state index is 13.6. The van der Waals surface area contributed by atoms with Gasteiger partial charge in [0.15, 0.2) is 5.78 Å². The Morgan fingerprint density at radius 3 is 1.81 bits per heavy atom. The summed E-state index contributed by atoms with van der Waals surface area (Å²) in [7, 11) is -4.20. The first-order valence-corrected chi connectivity index (χ1v) is 12.8. The van der Waals surface area contributed by atoms with Crippen LogP contribution in [0.2, 0.25) is 0 Å². The number of carbonyl (C=O) groups excluding carboxylic acids is 2.